The zero-order valence-electron chi connectivity index (χ0n) is 12.9. The standard InChI is InChI=1S/C16H15FN6O/c1-9-4-10(6-11(17)5-9)8-23(22-24)12-2-3-14-13(7-12)15(18)21-16(19)20-14/h2-7H,8H2,1H3,(H4,18,19,20,21). The van der Waals surface area contributed by atoms with E-state index in [1.165, 1.54) is 17.1 Å². The van der Waals surface area contributed by atoms with Crippen LogP contribution in [0.5, 0.6) is 0 Å². The van der Waals surface area contributed by atoms with E-state index in [1.807, 2.05) is 0 Å². The van der Waals surface area contributed by atoms with Crippen LogP contribution in [-0.2, 0) is 6.54 Å². The average Bonchev–Trinajstić information content (AvgIpc) is 2.51. The smallest absolute Gasteiger partial charge is 0.222 e. The summed E-state index contributed by atoms with van der Waals surface area (Å²) in [6.07, 6.45) is 0. The second-order valence-electron chi connectivity index (χ2n) is 5.44. The maximum absolute atomic E-state index is 13.5. The van der Waals surface area contributed by atoms with Gasteiger partial charge in [-0.3, -0.25) is 0 Å². The third-order valence-electron chi connectivity index (χ3n) is 3.56. The molecule has 7 nitrogen and oxygen atoms in total. The highest BCUT2D eigenvalue weighted by Gasteiger charge is 2.12. The molecule has 0 aliphatic carbocycles. The molecular formula is C16H15FN6O. The van der Waals surface area contributed by atoms with Gasteiger partial charge < -0.3 is 11.5 Å². The highest BCUT2D eigenvalue weighted by molar-refractivity contribution is 5.91. The molecule has 8 heteroatoms. The van der Waals surface area contributed by atoms with Gasteiger partial charge in [0.05, 0.1) is 23.0 Å². The summed E-state index contributed by atoms with van der Waals surface area (Å²) in [6, 6.07) is 9.57. The van der Waals surface area contributed by atoms with E-state index in [0.717, 1.165) is 5.56 Å². The Hall–Kier alpha value is -3.29. The number of rotatable bonds is 4. The van der Waals surface area contributed by atoms with Crippen LogP contribution in [0.25, 0.3) is 10.9 Å². The van der Waals surface area contributed by atoms with Gasteiger partial charge >= 0.3 is 0 Å². The van der Waals surface area contributed by atoms with E-state index in [4.69, 9.17) is 11.5 Å². The monoisotopic (exact) mass is 326 g/mol. The van der Waals surface area contributed by atoms with Crippen molar-refractivity contribution < 1.29 is 4.39 Å². The first-order chi connectivity index (χ1) is 11.5. The first-order valence-electron chi connectivity index (χ1n) is 7.16. The Labute approximate surface area is 137 Å². The molecule has 122 valence electrons. The second kappa shape index (κ2) is 6.07. The zero-order valence-corrected chi connectivity index (χ0v) is 12.9. The minimum atomic E-state index is -0.359. The summed E-state index contributed by atoms with van der Waals surface area (Å²) in [5.74, 6) is -0.0670. The highest BCUT2D eigenvalue weighted by atomic mass is 19.1. The summed E-state index contributed by atoms with van der Waals surface area (Å²) < 4.78 is 13.5. The fourth-order valence-electron chi connectivity index (χ4n) is 2.56. The third-order valence-corrected chi connectivity index (χ3v) is 3.56. The van der Waals surface area contributed by atoms with E-state index >= 15 is 0 Å². The molecule has 0 radical (unpaired) electrons. The van der Waals surface area contributed by atoms with E-state index in [9.17, 15) is 9.30 Å². The Kier molecular flexibility index (Phi) is 3.95. The Morgan fingerprint density at radius 3 is 2.67 bits per heavy atom. The lowest BCUT2D eigenvalue weighted by Crippen LogP contribution is -2.15. The summed E-state index contributed by atoms with van der Waals surface area (Å²) in [4.78, 5) is 19.2. The van der Waals surface area contributed by atoms with Gasteiger partial charge in [0.15, 0.2) is 0 Å². The number of nitroso groups, excluding NO2 is 1. The number of halogens is 1. The van der Waals surface area contributed by atoms with Crippen LogP contribution in [0, 0.1) is 17.6 Å². The molecule has 0 atom stereocenters. The lowest BCUT2D eigenvalue weighted by molar-refractivity contribution is 0.623. The Morgan fingerprint density at radius 2 is 1.96 bits per heavy atom. The fraction of sp³-hybridized carbons (Fsp3) is 0.125. The minimum Gasteiger partial charge on any atom is -0.383 e. The molecule has 0 saturated heterocycles. The maximum atomic E-state index is 13.5. The van der Waals surface area contributed by atoms with E-state index in [-0.39, 0.29) is 24.1 Å². The van der Waals surface area contributed by atoms with Gasteiger partial charge in [0.25, 0.3) is 0 Å². The van der Waals surface area contributed by atoms with Crippen molar-refractivity contribution in [3.05, 3.63) is 58.2 Å². The Morgan fingerprint density at radius 1 is 1.17 bits per heavy atom. The van der Waals surface area contributed by atoms with Crippen LogP contribution in [0.15, 0.2) is 41.7 Å². The molecule has 0 unspecified atom stereocenters. The van der Waals surface area contributed by atoms with Gasteiger partial charge in [0.1, 0.15) is 11.6 Å². The summed E-state index contributed by atoms with van der Waals surface area (Å²) in [5.41, 5.74) is 13.9. The molecule has 1 heterocycles. The largest absolute Gasteiger partial charge is 0.383 e. The molecular weight excluding hydrogens is 311 g/mol. The maximum Gasteiger partial charge on any atom is 0.222 e. The van der Waals surface area contributed by atoms with Crippen LogP contribution in [0.1, 0.15) is 11.1 Å². The van der Waals surface area contributed by atoms with Gasteiger partial charge in [0, 0.05) is 5.39 Å². The molecule has 0 aliphatic rings. The van der Waals surface area contributed by atoms with Crippen molar-refractivity contribution in [1.82, 2.24) is 9.97 Å². The van der Waals surface area contributed by atoms with Crippen molar-refractivity contribution in [1.29, 1.82) is 0 Å². The van der Waals surface area contributed by atoms with E-state index in [2.05, 4.69) is 15.3 Å². The van der Waals surface area contributed by atoms with Crippen molar-refractivity contribution in [2.45, 2.75) is 13.5 Å². The lowest BCUT2D eigenvalue weighted by Gasteiger charge is -2.16. The summed E-state index contributed by atoms with van der Waals surface area (Å²) in [6.45, 7) is 1.91. The Balaban J connectivity index is 1.98. The number of fused-ring (bicyclic) bond motifs is 1. The summed E-state index contributed by atoms with van der Waals surface area (Å²) in [7, 11) is 0. The molecule has 3 aromatic rings. The first kappa shape index (κ1) is 15.6. The number of hydrogen-bond acceptors (Lipinski definition) is 6. The SMILES string of the molecule is Cc1cc(F)cc(CN(N=O)c2ccc3nc(N)nc(N)c3c2)c1. The number of aryl methyl sites for hydroxylation is 1. The van der Waals surface area contributed by atoms with Gasteiger partial charge in [-0.1, -0.05) is 6.07 Å². The van der Waals surface area contributed by atoms with Crippen LogP contribution in [0.2, 0.25) is 0 Å². The van der Waals surface area contributed by atoms with Crippen molar-refractivity contribution in [3.63, 3.8) is 0 Å². The average molecular weight is 326 g/mol. The van der Waals surface area contributed by atoms with Crippen LogP contribution in [0.3, 0.4) is 0 Å². The van der Waals surface area contributed by atoms with E-state index < -0.39 is 0 Å². The third kappa shape index (κ3) is 3.07. The number of benzene rings is 2. The summed E-state index contributed by atoms with van der Waals surface area (Å²) in [5, 5.41) is 4.79. The topological polar surface area (TPSA) is 110 Å². The molecule has 0 spiro atoms. The quantitative estimate of drug-likeness (QED) is 0.563. The van der Waals surface area contributed by atoms with Crippen LogP contribution >= 0.6 is 0 Å². The van der Waals surface area contributed by atoms with Crippen LogP contribution in [-0.4, -0.2) is 9.97 Å². The molecule has 0 amide bonds. The number of anilines is 3. The number of nitrogen functional groups attached to an aromatic ring is 2. The van der Waals surface area contributed by atoms with Crippen LogP contribution in [0.4, 0.5) is 21.8 Å². The van der Waals surface area contributed by atoms with E-state index in [0.29, 0.717) is 22.2 Å². The van der Waals surface area contributed by atoms with Crippen molar-refractivity contribution in [2.75, 3.05) is 16.5 Å². The predicted molar refractivity (Wildman–Crippen MR) is 91.5 cm³/mol. The summed E-state index contributed by atoms with van der Waals surface area (Å²) >= 11 is 0. The second-order valence-corrected chi connectivity index (χ2v) is 5.44. The first-order valence-corrected chi connectivity index (χ1v) is 7.16. The molecule has 3 rings (SSSR count). The molecule has 1 aromatic heterocycles. The van der Waals surface area contributed by atoms with Gasteiger partial charge in [-0.05, 0) is 48.4 Å². The highest BCUT2D eigenvalue weighted by Crippen LogP contribution is 2.26. The lowest BCUT2D eigenvalue weighted by atomic mass is 10.1. The minimum absolute atomic E-state index is 0.0772. The van der Waals surface area contributed by atoms with E-state index in [1.54, 1.807) is 31.2 Å². The predicted octanol–water partition coefficient (Wildman–Crippen LogP) is 2.93. The number of nitrogens with zero attached hydrogens (tertiary/aromatic N) is 4. The number of hydrogen-bond donors (Lipinski definition) is 2. The van der Waals surface area contributed by atoms with Gasteiger partial charge in [-0.2, -0.15) is 4.98 Å². The molecule has 0 aliphatic heterocycles. The number of aromatic nitrogens is 2. The van der Waals surface area contributed by atoms with Gasteiger partial charge in [-0.25, -0.2) is 14.4 Å². The Bertz CT molecular complexity index is 910. The van der Waals surface area contributed by atoms with Gasteiger partial charge in [-0.15, -0.1) is 4.91 Å². The molecule has 24 heavy (non-hydrogen) atoms. The molecule has 0 bridgehead atoms. The zero-order chi connectivity index (χ0) is 17.3. The fourth-order valence-corrected chi connectivity index (χ4v) is 2.56. The molecule has 4 N–H and O–H groups in total. The van der Waals surface area contributed by atoms with Crippen LogP contribution < -0.4 is 16.5 Å². The number of nitrogens with two attached hydrogens (primary N) is 2. The van der Waals surface area contributed by atoms with Crippen molar-refractivity contribution >= 4 is 28.4 Å². The van der Waals surface area contributed by atoms with Gasteiger partial charge in [0.2, 0.25) is 5.95 Å². The van der Waals surface area contributed by atoms with Crippen molar-refractivity contribution in [3.8, 4) is 0 Å². The molecule has 0 fully saturated rings. The molecule has 0 saturated carbocycles. The van der Waals surface area contributed by atoms with Crippen molar-refractivity contribution in [2.24, 2.45) is 5.29 Å². The normalized spacial score (nSPS) is 10.8. The molecule has 2 aromatic carbocycles.